The molecule has 98 valence electrons. The first kappa shape index (κ1) is 13.1. The van der Waals surface area contributed by atoms with Crippen LogP contribution in [0.1, 0.15) is 24.4 Å². The lowest BCUT2D eigenvalue weighted by molar-refractivity contribution is -0.130. The molecule has 0 aromatic heterocycles. The van der Waals surface area contributed by atoms with Gasteiger partial charge in [-0.3, -0.25) is 4.79 Å². The Kier molecular flexibility index (Phi) is 4.33. The van der Waals surface area contributed by atoms with Crippen molar-refractivity contribution in [2.24, 2.45) is 11.7 Å². The highest BCUT2D eigenvalue weighted by Crippen LogP contribution is 2.20. The van der Waals surface area contributed by atoms with E-state index in [2.05, 4.69) is 0 Å². The molecule has 1 aliphatic heterocycles. The minimum Gasteiger partial charge on any atom is -0.396 e. The Morgan fingerprint density at radius 2 is 2.17 bits per heavy atom. The van der Waals surface area contributed by atoms with Crippen molar-refractivity contribution >= 4 is 5.91 Å². The average molecular weight is 248 g/mol. The lowest BCUT2D eigenvalue weighted by Gasteiger charge is -2.19. The molecular formula is C14H20N2O2. The number of nitrogens with zero attached hydrogens (tertiary/aromatic N) is 1. The maximum atomic E-state index is 12.1. The molecule has 2 unspecified atom stereocenters. The Morgan fingerprint density at radius 1 is 1.44 bits per heavy atom. The van der Waals surface area contributed by atoms with E-state index in [4.69, 9.17) is 10.8 Å². The van der Waals surface area contributed by atoms with E-state index in [-0.39, 0.29) is 24.5 Å². The summed E-state index contributed by atoms with van der Waals surface area (Å²) in [7, 11) is 0. The molecule has 0 radical (unpaired) electrons. The molecule has 2 rings (SSSR count). The van der Waals surface area contributed by atoms with Crippen molar-refractivity contribution < 1.29 is 9.90 Å². The zero-order valence-electron chi connectivity index (χ0n) is 10.5. The second kappa shape index (κ2) is 5.98. The summed E-state index contributed by atoms with van der Waals surface area (Å²) in [6.45, 7) is 1.57. The van der Waals surface area contributed by atoms with Gasteiger partial charge >= 0.3 is 0 Å². The number of carbonyl (C=O) groups excluding carboxylic acids is 1. The lowest BCUT2D eigenvalue weighted by Crippen LogP contribution is -2.31. The first-order chi connectivity index (χ1) is 8.70. The van der Waals surface area contributed by atoms with E-state index in [9.17, 15) is 4.79 Å². The number of amides is 1. The summed E-state index contributed by atoms with van der Waals surface area (Å²) in [6, 6.07) is 9.43. The van der Waals surface area contributed by atoms with Crippen molar-refractivity contribution in [2.45, 2.75) is 18.9 Å². The van der Waals surface area contributed by atoms with Gasteiger partial charge in [0.1, 0.15) is 0 Å². The molecule has 1 aromatic carbocycles. The number of hydrogen-bond acceptors (Lipinski definition) is 3. The van der Waals surface area contributed by atoms with Crippen molar-refractivity contribution in [1.29, 1.82) is 0 Å². The average Bonchev–Trinajstić information content (AvgIpc) is 2.88. The van der Waals surface area contributed by atoms with Gasteiger partial charge in [-0.15, -0.1) is 0 Å². The Hall–Kier alpha value is -1.39. The third-order valence-corrected chi connectivity index (χ3v) is 3.52. The molecule has 2 atom stereocenters. The molecule has 1 amide bonds. The van der Waals surface area contributed by atoms with Crippen LogP contribution in [-0.2, 0) is 4.79 Å². The molecule has 1 aromatic rings. The monoisotopic (exact) mass is 248 g/mol. The van der Waals surface area contributed by atoms with Crippen molar-refractivity contribution in [2.75, 3.05) is 19.7 Å². The third kappa shape index (κ3) is 3.09. The van der Waals surface area contributed by atoms with Crippen LogP contribution in [0.15, 0.2) is 30.3 Å². The summed E-state index contributed by atoms with van der Waals surface area (Å²) >= 11 is 0. The predicted octanol–water partition coefficient (Wildman–Crippen LogP) is 0.917. The smallest absolute Gasteiger partial charge is 0.224 e. The fourth-order valence-electron chi connectivity index (χ4n) is 2.34. The quantitative estimate of drug-likeness (QED) is 0.832. The fourth-order valence-corrected chi connectivity index (χ4v) is 2.34. The number of rotatable bonds is 4. The minimum absolute atomic E-state index is 0.0855. The van der Waals surface area contributed by atoms with Crippen LogP contribution in [-0.4, -0.2) is 35.6 Å². The standard InChI is InChI=1S/C14H20N2O2/c15-13(12-4-2-1-3-5-12)8-14(18)16-7-6-11(9-16)10-17/h1-5,11,13,17H,6-10,15H2. The number of nitrogens with two attached hydrogens (primary N) is 1. The van der Waals surface area contributed by atoms with Crippen LogP contribution < -0.4 is 5.73 Å². The van der Waals surface area contributed by atoms with E-state index in [0.717, 1.165) is 18.5 Å². The van der Waals surface area contributed by atoms with Crippen LogP contribution >= 0.6 is 0 Å². The van der Waals surface area contributed by atoms with Crippen molar-refractivity contribution in [3.63, 3.8) is 0 Å². The van der Waals surface area contributed by atoms with Crippen LogP contribution in [0.4, 0.5) is 0 Å². The molecule has 4 heteroatoms. The molecule has 0 saturated carbocycles. The maximum absolute atomic E-state index is 12.1. The number of carbonyl (C=O) groups is 1. The van der Waals surface area contributed by atoms with Crippen molar-refractivity contribution in [3.05, 3.63) is 35.9 Å². The van der Waals surface area contributed by atoms with Gasteiger partial charge in [-0.25, -0.2) is 0 Å². The highest BCUT2D eigenvalue weighted by atomic mass is 16.3. The molecule has 1 heterocycles. The fraction of sp³-hybridized carbons (Fsp3) is 0.500. The molecule has 18 heavy (non-hydrogen) atoms. The second-order valence-electron chi connectivity index (χ2n) is 4.90. The molecule has 4 nitrogen and oxygen atoms in total. The SMILES string of the molecule is NC(CC(=O)N1CCC(CO)C1)c1ccccc1. The van der Waals surface area contributed by atoms with Crippen LogP contribution in [0.2, 0.25) is 0 Å². The summed E-state index contributed by atoms with van der Waals surface area (Å²) in [5.74, 6) is 0.323. The Labute approximate surface area is 107 Å². The molecular weight excluding hydrogens is 228 g/mol. The molecule has 1 saturated heterocycles. The first-order valence-electron chi connectivity index (χ1n) is 6.40. The molecule has 3 N–H and O–H groups in total. The predicted molar refractivity (Wildman–Crippen MR) is 69.8 cm³/mol. The number of aliphatic hydroxyl groups is 1. The number of hydrogen-bond donors (Lipinski definition) is 2. The first-order valence-corrected chi connectivity index (χ1v) is 6.40. The maximum Gasteiger partial charge on any atom is 0.224 e. The second-order valence-corrected chi connectivity index (χ2v) is 4.90. The van der Waals surface area contributed by atoms with Gasteiger partial charge in [-0.1, -0.05) is 30.3 Å². The van der Waals surface area contributed by atoms with Crippen molar-refractivity contribution in [3.8, 4) is 0 Å². The third-order valence-electron chi connectivity index (χ3n) is 3.52. The molecule has 1 fully saturated rings. The zero-order valence-corrected chi connectivity index (χ0v) is 10.5. The van der Waals surface area contributed by atoms with Crippen LogP contribution in [0.5, 0.6) is 0 Å². The van der Waals surface area contributed by atoms with Crippen LogP contribution in [0.25, 0.3) is 0 Å². The van der Waals surface area contributed by atoms with Gasteiger partial charge in [0.2, 0.25) is 5.91 Å². The Morgan fingerprint density at radius 3 is 2.78 bits per heavy atom. The number of aliphatic hydroxyl groups excluding tert-OH is 1. The van der Waals surface area contributed by atoms with E-state index >= 15 is 0 Å². The van der Waals surface area contributed by atoms with Gasteiger partial charge in [0.05, 0.1) is 0 Å². The van der Waals surface area contributed by atoms with E-state index in [1.807, 2.05) is 35.2 Å². The van der Waals surface area contributed by atoms with Crippen molar-refractivity contribution in [1.82, 2.24) is 4.90 Å². The lowest BCUT2D eigenvalue weighted by atomic mass is 10.0. The van der Waals surface area contributed by atoms with E-state index < -0.39 is 0 Å². The van der Waals surface area contributed by atoms with Gasteiger partial charge in [0, 0.05) is 38.1 Å². The van der Waals surface area contributed by atoms with Gasteiger partial charge < -0.3 is 15.7 Å². The molecule has 0 aliphatic carbocycles. The molecule has 0 bridgehead atoms. The Bertz CT molecular complexity index is 394. The summed E-state index contributed by atoms with van der Waals surface area (Å²) in [6.07, 6.45) is 1.23. The summed E-state index contributed by atoms with van der Waals surface area (Å²) < 4.78 is 0. The minimum atomic E-state index is -0.244. The largest absolute Gasteiger partial charge is 0.396 e. The number of benzene rings is 1. The topological polar surface area (TPSA) is 66.6 Å². The van der Waals surface area contributed by atoms with Crippen LogP contribution in [0, 0.1) is 5.92 Å². The highest BCUT2D eigenvalue weighted by Gasteiger charge is 2.26. The van der Waals surface area contributed by atoms with Gasteiger partial charge in [-0.05, 0) is 12.0 Å². The van der Waals surface area contributed by atoms with Crippen LogP contribution in [0.3, 0.4) is 0 Å². The molecule has 0 spiro atoms. The van der Waals surface area contributed by atoms with E-state index in [0.29, 0.717) is 13.0 Å². The summed E-state index contributed by atoms with van der Waals surface area (Å²) in [5.41, 5.74) is 7.02. The van der Waals surface area contributed by atoms with E-state index in [1.165, 1.54) is 0 Å². The summed E-state index contributed by atoms with van der Waals surface area (Å²) in [5, 5.41) is 9.06. The van der Waals surface area contributed by atoms with E-state index in [1.54, 1.807) is 0 Å². The van der Waals surface area contributed by atoms with Gasteiger partial charge in [0.15, 0.2) is 0 Å². The number of likely N-dealkylation sites (tertiary alicyclic amines) is 1. The van der Waals surface area contributed by atoms with Gasteiger partial charge in [0.25, 0.3) is 0 Å². The molecule has 1 aliphatic rings. The summed E-state index contributed by atoms with van der Waals surface area (Å²) in [4.78, 5) is 13.9. The normalized spacial score (nSPS) is 21.0. The zero-order chi connectivity index (χ0) is 13.0. The highest BCUT2D eigenvalue weighted by molar-refractivity contribution is 5.77. The Balaban J connectivity index is 1.88. The van der Waals surface area contributed by atoms with Gasteiger partial charge in [-0.2, -0.15) is 0 Å².